The predicted molar refractivity (Wildman–Crippen MR) is 111 cm³/mol. The van der Waals surface area contributed by atoms with Crippen molar-refractivity contribution in [2.45, 2.75) is 52.6 Å². The molecule has 11 heteroatoms. The van der Waals surface area contributed by atoms with E-state index >= 15 is 0 Å². The molecule has 30 heavy (non-hydrogen) atoms. The summed E-state index contributed by atoms with van der Waals surface area (Å²) in [6, 6.07) is -0.168. The zero-order valence-electron chi connectivity index (χ0n) is 17.6. The maximum absolute atomic E-state index is 12.6. The molecule has 164 valence electrons. The van der Waals surface area contributed by atoms with Crippen LogP contribution in [0.1, 0.15) is 47.1 Å². The molecular weight excluding hydrogens is 410 g/mol. The van der Waals surface area contributed by atoms with Crippen LogP contribution in [0, 0.1) is 20.8 Å². The number of aromatic nitrogens is 4. The van der Waals surface area contributed by atoms with Gasteiger partial charge in [0.1, 0.15) is 0 Å². The SMILES string of the molecule is Cc1nn([C@@H]2CCS(=O)(=O)C2)c(C)c1CN(C)C(=O)CCc1c(C)[nH]c(=O)[nH]c1=O. The highest BCUT2D eigenvalue weighted by atomic mass is 32.2. The van der Waals surface area contributed by atoms with E-state index < -0.39 is 21.1 Å². The molecule has 1 saturated heterocycles. The quantitative estimate of drug-likeness (QED) is 0.659. The summed E-state index contributed by atoms with van der Waals surface area (Å²) in [7, 11) is -1.34. The van der Waals surface area contributed by atoms with Gasteiger partial charge < -0.3 is 9.88 Å². The third-order valence-corrected chi connectivity index (χ3v) is 7.44. The molecule has 0 aliphatic carbocycles. The maximum atomic E-state index is 12.6. The van der Waals surface area contributed by atoms with Gasteiger partial charge >= 0.3 is 5.69 Å². The number of H-pyrrole nitrogens is 2. The maximum Gasteiger partial charge on any atom is 0.325 e. The molecule has 2 N–H and O–H groups in total. The normalized spacial score (nSPS) is 17.9. The van der Waals surface area contributed by atoms with Crippen molar-refractivity contribution in [1.82, 2.24) is 24.6 Å². The standard InChI is InChI=1S/C19H27N5O5S/c1-11-15(18(26)21-19(27)20-11)5-6-17(25)23(4)9-16-12(2)22-24(13(16)3)14-7-8-30(28,29)10-14/h14H,5-10H2,1-4H3,(H2,20,21,26,27)/t14-/m1/s1. The fourth-order valence-corrected chi connectivity index (χ4v) is 5.62. The van der Waals surface area contributed by atoms with Crippen molar-refractivity contribution in [3.05, 3.63) is 49.0 Å². The van der Waals surface area contributed by atoms with Crippen LogP contribution in [-0.2, 0) is 27.6 Å². The number of aryl methyl sites for hydroxylation is 2. The van der Waals surface area contributed by atoms with Gasteiger partial charge in [-0.05, 0) is 33.6 Å². The van der Waals surface area contributed by atoms with Crippen LogP contribution in [0.25, 0.3) is 0 Å². The van der Waals surface area contributed by atoms with Gasteiger partial charge in [-0.15, -0.1) is 0 Å². The third kappa shape index (κ3) is 4.55. The molecule has 2 aromatic heterocycles. The lowest BCUT2D eigenvalue weighted by atomic mass is 10.1. The second-order valence-corrected chi connectivity index (χ2v) is 10.1. The number of carbonyl (C=O) groups excluding carboxylic acids is 1. The van der Waals surface area contributed by atoms with Gasteiger partial charge in [-0.25, -0.2) is 13.2 Å². The second kappa shape index (κ2) is 8.21. The van der Waals surface area contributed by atoms with Crippen molar-refractivity contribution in [1.29, 1.82) is 0 Å². The van der Waals surface area contributed by atoms with E-state index in [1.165, 1.54) is 0 Å². The minimum Gasteiger partial charge on any atom is -0.341 e. The number of sulfone groups is 1. The molecule has 1 fully saturated rings. The summed E-state index contributed by atoms with van der Waals surface area (Å²) in [5, 5.41) is 4.53. The Labute approximate surface area is 174 Å². The number of rotatable bonds is 6. The third-order valence-electron chi connectivity index (χ3n) is 5.69. The molecule has 1 atom stereocenters. The number of aromatic amines is 2. The summed E-state index contributed by atoms with van der Waals surface area (Å²) in [6.07, 6.45) is 0.892. The minimum absolute atomic E-state index is 0.0935. The second-order valence-electron chi connectivity index (χ2n) is 7.91. The molecule has 10 nitrogen and oxygen atoms in total. The number of hydrogen-bond donors (Lipinski definition) is 2. The molecule has 0 unspecified atom stereocenters. The highest BCUT2D eigenvalue weighted by Crippen LogP contribution is 2.27. The summed E-state index contributed by atoms with van der Waals surface area (Å²) in [5.41, 5.74) is 2.33. The largest absolute Gasteiger partial charge is 0.341 e. The lowest BCUT2D eigenvalue weighted by Crippen LogP contribution is -2.30. The first-order valence-corrected chi connectivity index (χ1v) is 11.6. The van der Waals surface area contributed by atoms with Gasteiger partial charge in [0.2, 0.25) is 5.91 Å². The molecule has 0 radical (unpaired) electrons. The zero-order chi connectivity index (χ0) is 22.2. The summed E-state index contributed by atoms with van der Waals surface area (Å²) >= 11 is 0. The van der Waals surface area contributed by atoms with E-state index in [0.29, 0.717) is 24.2 Å². The van der Waals surface area contributed by atoms with Gasteiger partial charge in [0, 0.05) is 42.5 Å². The van der Waals surface area contributed by atoms with E-state index in [4.69, 9.17) is 0 Å². The lowest BCUT2D eigenvalue weighted by Gasteiger charge is -2.18. The molecule has 1 aliphatic rings. The van der Waals surface area contributed by atoms with Crippen molar-refractivity contribution >= 4 is 15.7 Å². The molecule has 1 amide bonds. The zero-order valence-corrected chi connectivity index (χ0v) is 18.4. The first-order valence-electron chi connectivity index (χ1n) is 9.79. The van der Waals surface area contributed by atoms with Crippen molar-refractivity contribution in [3.63, 3.8) is 0 Å². The molecule has 1 aliphatic heterocycles. The van der Waals surface area contributed by atoms with Gasteiger partial charge in [0.25, 0.3) is 5.56 Å². The van der Waals surface area contributed by atoms with Crippen LogP contribution in [0.15, 0.2) is 9.59 Å². The molecule has 0 bridgehead atoms. The first-order chi connectivity index (χ1) is 14.0. The summed E-state index contributed by atoms with van der Waals surface area (Å²) in [5.74, 6) is 0.124. The molecule has 3 rings (SSSR count). The Balaban J connectivity index is 1.69. The Hall–Kier alpha value is -2.69. The van der Waals surface area contributed by atoms with E-state index in [9.17, 15) is 22.8 Å². The van der Waals surface area contributed by atoms with Crippen molar-refractivity contribution in [2.24, 2.45) is 0 Å². The number of hydrogen-bond acceptors (Lipinski definition) is 6. The summed E-state index contributed by atoms with van der Waals surface area (Å²) in [6.45, 7) is 5.72. The monoisotopic (exact) mass is 437 g/mol. The molecular formula is C19H27N5O5S. The number of carbonyl (C=O) groups is 1. The molecule has 0 saturated carbocycles. The molecule has 2 aromatic rings. The van der Waals surface area contributed by atoms with Crippen LogP contribution in [-0.4, -0.2) is 57.5 Å². The van der Waals surface area contributed by atoms with E-state index in [0.717, 1.165) is 17.0 Å². The van der Waals surface area contributed by atoms with Crippen LogP contribution in [0.4, 0.5) is 0 Å². The lowest BCUT2D eigenvalue weighted by molar-refractivity contribution is -0.130. The van der Waals surface area contributed by atoms with Crippen LogP contribution in [0.5, 0.6) is 0 Å². The molecule has 0 spiro atoms. The number of nitrogens with zero attached hydrogens (tertiary/aromatic N) is 3. The van der Waals surface area contributed by atoms with Crippen LogP contribution in [0.3, 0.4) is 0 Å². The Morgan fingerprint density at radius 3 is 2.50 bits per heavy atom. The average molecular weight is 438 g/mol. The average Bonchev–Trinajstić information content (AvgIpc) is 3.13. The first kappa shape index (κ1) is 22.0. The van der Waals surface area contributed by atoms with Crippen LogP contribution >= 0.6 is 0 Å². The Kier molecular flexibility index (Phi) is 6.02. The van der Waals surface area contributed by atoms with Gasteiger partial charge in [-0.3, -0.25) is 19.3 Å². The number of nitrogens with one attached hydrogen (secondary N) is 2. The Morgan fingerprint density at radius 2 is 1.90 bits per heavy atom. The van der Waals surface area contributed by atoms with E-state index in [-0.39, 0.29) is 36.3 Å². The molecule has 0 aromatic carbocycles. The van der Waals surface area contributed by atoms with Crippen molar-refractivity contribution in [2.75, 3.05) is 18.6 Å². The van der Waals surface area contributed by atoms with E-state index in [1.807, 2.05) is 13.8 Å². The van der Waals surface area contributed by atoms with Crippen LogP contribution in [0.2, 0.25) is 0 Å². The predicted octanol–water partition coefficient (Wildman–Crippen LogP) is 0.136. The Morgan fingerprint density at radius 1 is 1.20 bits per heavy atom. The fourth-order valence-electron chi connectivity index (χ4n) is 3.92. The van der Waals surface area contributed by atoms with E-state index in [2.05, 4.69) is 15.1 Å². The molecule has 3 heterocycles. The topological polar surface area (TPSA) is 138 Å². The van der Waals surface area contributed by atoms with Crippen LogP contribution < -0.4 is 11.2 Å². The number of amides is 1. The van der Waals surface area contributed by atoms with Gasteiger partial charge in [-0.2, -0.15) is 5.10 Å². The van der Waals surface area contributed by atoms with Crippen molar-refractivity contribution in [3.8, 4) is 0 Å². The highest BCUT2D eigenvalue weighted by Gasteiger charge is 2.31. The minimum atomic E-state index is -3.02. The van der Waals surface area contributed by atoms with Gasteiger partial charge in [0.05, 0.1) is 23.2 Å². The summed E-state index contributed by atoms with van der Waals surface area (Å²) in [4.78, 5) is 42.1. The highest BCUT2D eigenvalue weighted by molar-refractivity contribution is 7.91. The van der Waals surface area contributed by atoms with Gasteiger partial charge in [0.15, 0.2) is 9.84 Å². The fraction of sp³-hybridized carbons (Fsp3) is 0.579. The summed E-state index contributed by atoms with van der Waals surface area (Å²) < 4.78 is 25.4. The van der Waals surface area contributed by atoms with Crippen molar-refractivity contribution < 1.29 is 13.2 Å². The van der Waals surface area contributed by atoms with E-state index in [1.54, 1.807) is 23.6 Å². The Bertz CT molecular complexity index is 1190. The van der Waals surface area contributed by atoms with Gasteiger partial charge in [-0.1, -0.05) is 0 Å². The smallest absolute Gasteiger partial charge is 0.325 e.